The molecule has 0 aliphatic rings. The molecule has 4 nitrogen and oxygen atoms in total. The van der Waals surface area contributed by atoms with Crippen molar-refractivity contribution < 1.29 is 20.1 Å². The minimum atomic E-state index is -1.02. The van der Waals surface area contributed by atoms with Gasteiger partial charge in [-0.05, 0) is 11.1 Å². The van der Waals surface area contributed by atoms with Crippen LogP contribution in [-0.4, -0.2) is 32.3 Å². The number of hydrogen-bond donors (Lipinski definition) is 3. The molecule has 94 valence electrons. The van der Waals surface area contributed by atoms with E-state index in [4.69, 9.17) is 5.11 Å². The van der Waals surface area contributed by atoms with Crippen LogP contribution < -0.4 is 0 Å². The van der Waals surface area contributed by atoms with Crippen molar-refractivity contribution >= 4 is 16.9 Å². The molecule has 1 aromatic carbocycles. The van der Waals surface area contributed by atoms with E-state index in [2.05, 4.69) is 0 Å². The highest BCUT2D eigenvalue weighted by atomic mass is 32.2. The van der Waals surface area contributed by atoms with Crippen LogP contribution in [0.2, 0.25) is 0 Å². The van der Waals surface area contributed by atoms with Gasteiger partial charge in [-0.3, -0.25) is 4.79 Å². The second-order valence-corrected chi connectivity index (χ2v) is 4.91. The number of hydrogen-bond acceptors (Lipinski definition) is 5. The summed E-state index contributed by atoms with van der Waals surface area (Å²) in [6.45, 7) is 1.36. The van der Waals surface area contributed by atoms with Crippen molar-refractivity contribution in [2.24, 2.45) is 0 Å². The summed E-state index contributed by atoms with van der Waals surface area (Å²) in [4.78, 5) is 10.7. The van der Waals surface area contributed by atoms with Crippen LogP contribution in [0.3, 0.4) is 0 Å². The molecule has 0 fully saturated rings. The third-order valence-electron chi connectivity index (χ3n) is 2.33. The molecule has 2 atom stereocenters. The lowest BCUT2D eigenvalue weighted by molar-refractivity contribution is -0.109. The summed E-state index contributed by atoms with van der Waals surface area (Å²) >= 11 is 0.981. The van der Waals surface area contributed by atoms with Crippen LogP contribution >= 0.6 is 11.8 Å². The molecule has 0 aromatic heterocycles. The Morgan fingerprint density at radius 2 is 1.88 bits per heavy atom. The SMILES string of the molecule is CC(=O)SCC(O)C(O)c1ccc(CO)cc1. The first-order chi connectivity index (χ1) is 8.04. The number of carbonyl (C=O) groups is 1. The molecule has 0 saturated carbocycles. The van der Waals surface area contributed by atoms with Crippen molar-refractivity contribution in [1.29, 1.82) is 0 Å². The van der Waals surface area contributed by atoms with E-state index in [0.29, 0.717) is 5.56 Å². The fourth-order valence-corrected chi connectivity index (χ4v) is 1.92. The Labute approximate surface area is 104 Å². The topological polar surface area (TPSA) is 77.8 Å². The maximum absolute atomic E-state index is 10.7. The van der Waals surface area contributed by atoms with Gasteiger partial charge in [0.2, 0.25) is 0 Å². The van der Waals surface area contributed by atoms with Crippen molar-refractivity contribution in [3.05, 3.63) is 35.4 Å². The third kappa shape index (κ3) is 4.47. The number of thioether (sulfide) groups is 1. The summed E-state index contributed by atoms with van der Waals surface area (Å²) in [5.41, 5.74) is 1.31. The smallest absolute Gasteiger partial charge is 0.185 e. The lowest BCUT2D eigenvalue weighted by atomic mass is 10.0. The monoisotopic (exact) mass is 256 g/mol. The highest BCUT2D eigenvalue weighted by Crippen LogP contribution is 2.20. The number of benzene rings is 1. The molecule has 2 unspecified atom stereocenters. The molecule has 0 saturated heterocycles. The highest BCUT2D eigenvalue weighted by Gasteiger charge is 2.18. The van der Waals surface area contributed by atoms with E-state index in [1.165, 1.54) is 6.92 Å². The molecule has 0 aliphatic heterocycles. The molecular formula is C12H16O4S. The van der Waals surface area contributed by atoms with Crippen molar-refractivity contribution in [2.45, 2.75) is 25.7 Å². The maximum Gasteiger partial charge on any atom is 0.185 e. The van der Waals surface area contributed by atoms with E-state index in [1.807, 2.05) is 0 Å². The predicted molar refractivity (Wildman–Crippen MR) is 66.5 cm³/mol. The average Bonchev–Trinajstić information content (AvgIpc) is 2.35. The minimum absolute atomic E-state index is 0.0564. The van der Waals surface area contributed by atoms with Crippen LogP contribution in [0.15, 0.2) is 24.3 Å². The Morgan fingerprint density at radius 3 is 2.35 bits per heavy atom. The van der Waals surface area contributed by atoms with Crippen LogP contribution in [0.4, 0.5) is 0 Å². The van der Waals surface area contributed by atoms with Gasteiger partial charge in [0.05, 0.1) is 12.7 Å². The molecule has 3 N–H and O–H groups in total. The molecule has 0 amide bonds. The van der Waals surface area contributed by atoms with E-state index in [0.717, 1.165) is 17.3 Å². The maximum atomic E-state index is 10.7. The van der Waals surface area contributed by atoms with E-state index in [1.54, 1.807) is 24.3 Å². The van der Waals surface area contributed by atoms with Crippen LogP contribution in [0.1, 0.15) is 24.2 Å². The molecule has 0 radical (unpaired) electrons. The molecule has 1 aromatic rings. The first-order valence-electron chi connectivity index (χ1n) is 5.23. The van der Waals surface area contributed by atoms with Gasteiger partial charge in [-0.25, -0.2) is 0 Å². The minimum Gasteiger partial charge on any atom is -0.392 e. The van der Waals surface area contributed by atoms with Gasteiger partial charge in [-0.1, -0.05) is 36.0 Å². The standard InChI is InChI=1S/C12H16O4S/c1-8(14)17-7-11(15)12(16)10-4-2-9(6-13)3-5-10/h2-5,11-13,15-16H,6-7H2,1H3. The van der Waals surface area contributed by atoms with Gasteiger partial charge in [-0.15, -0.1) is 0 Å². The summed E-state index contributed by atoms with van der Waals surface area (Å²) in [5, 5.41) is 28.3. The van der Waals surface area contributed by atoms with Crippen molar-refractivity contribution in [3.8, 4) is 0 Å². The first-order valence-corrected chi connectivity index (χ1v) is 6.22. The second kappa shape index (κ2) is 6.76. The molecule has 0 heterocycles. The quantitative estimate of drug-likeness (QED) is 0.728. The van der Waals surface area contributed by atoms with Gasteiger partial charge >= 0.3 is 0 Å². The number of aliphatic hydroxyl groups excluding tert-OH is 3. The van der Waals surface area contributed by atoms with E-state index >= 15 is 0 Å². The summed E-state index contributed by atoms with van der Waals surface area (Å²) in [5.74, 6) is 0.165. The number of carbonyl (C=O) groups excluding carboxylic acids is 1. The van der Waals surface area contributed by atoms with Gasteiger partial charge in [0.1, 0.15) is 6.10 Å². The van der Waals surface area contributed by atoms with Gasteiger partial charge < -0.3 is 15.3 Å². The molecule has 5 heteroatoms. The highest BCUT2D eigenvalue weighted by molar-refractivity contribution is 8.13. The van der Waals surface area contributed by atoms with Crippen LogP contribution in [0, 0.1) is 0 Å². The molecule has 0 bridgehead atoms. The van der Waals surface area contributed by atoms with Crippen LogP contribution in [-0.2, 0) is 11.4 Å². The Morgan fingerprint density at radius 1 is 1.29 bits per heavy atom. The molecule has 1 rings (SSSR count). The molecule has 0 aliphatic carbocycles. The summed E-state index contributed by atoms with van der Waals surface area (Å²) < 4.78 is 0. The second-order valence-electron chi connectivity index (χ2n) is 3.71. The number of rotatable bonds is 5. The van der Waals surface area contributed by atoms with Crippen LogP contribution in [0.5, 0.6) is 0 Å². The van der Waals surface area contributed by atoms with Crippen LogP contribution in [0.25, 0.3) is 0 Å². The Hall–Kier alpha value is -0.880. The van der Waals surface area contributed by atoms with Crippen molar-refractivity contribution in [2.75, 3.05) is 5.75 Å². The Bertz CT molecular complexity index is 363. The normalized spacial score (nSPS) is 14.4. The first kappa shape index (κ1) is 14.2. The van der Waals surface area contributed by atoms with Crippen molar-refractivity contribution in [1.82, 2.24) is 0 Å². The Balaban J connectivity index is 2.60. The Kier molecular flexibility index (Phi) is 5.64. The summed E-state index contributed by atoms with van der Waals surface area (Å²) in [7, 11) is 0. The largest absolute Gasteiger partial charge is 0.392 e. The van der Waals surface area contributed by atoms with E-state index < -0.39 is 12.2 Å². The number of aliphatic hydroxyl groups is 3. The molecular weight excluding hydrogens is 240 g/mol. The lowest BCUT2D eigenvalue weighted by Gasteiger charge is -2.17. The fraction of sp³-hybridized carbons (Fsp3) is 0.417. The van der Waals surface area contributed by atoms with Crippen molar-refractivity contribution in [3.63, 3.8) is 0 Å². The zero-order chi connectivity index (χ0) is 12.8. The van der Waals surface area contributed by atoms with Gasteiger partial charge in [0, 0.05) is 12.7 Å². The molecule has 0 spiro atoms. The zero-order valence-electron chi connectivity index (χ0n) is 9.54. The molecule has 17 heavy (non-hydrogen) atoms. The lowest BCUT2D eigenvalue weighted by Crippen LogP contribution is -2.21. The summed E-state index contributed by atoms with van der Waals surface area (Å²) in [6, 6.07) is 6.67. The fourth-order valence-electron chi connectivity index (χ4n) is 1.34. The average molecular weight is 256 g/mol. The zero-order valence-corrected chi connectivity index (χ0v) is 10.4. The van der Waals surface area contributed by atoms with Gasteiger partial charge in [-0.2, -0.15) is 0 Å². The van der Waals surface area contributed by atoms with E-state index in [9.17, 15) is 15.0 Å². The van der Waals surface area contributed by atoms with Gasteiger partial charge in [0.15, 0.2) is 5.12 Å². The third-order valence-corrected chi connectivity index (χ3v) is 3.24. The van der Waals surface area contributed by atoms with Gasteiger partial charge in [0.25, 0.3) is 0 Å². The van der Waals surface area contributed by atoms with E-state index in [-0.39, 0.29) is 17.5 Å². The summed E-state index contributed by atoms with van der Waals surface area (Å²) in [6.07, 6.45) is -2.00. The predicted octanol–water partition coefficient (Wildman–Crippen LogP) is 0.853.